The third kappa shape index (κ3) is 3.47. The summed E-state index contributed by atoms with van der Waals surface area (Å²) in [7, 11) is -3.95. The highest BCUT2D eigenvalue weighted by Crippen LogP contribution is 2.22. The minimum absolute atomic E-state index is 0.143. The van der Waals surface area contributed by atoms with Gasteiger partial charge >= 0.3 is 0 Å². The predicted molar refractivity (Wildman–Crippen MR) is 82.3 cm³/mol. The summed E-state index contributed by atoms with van der Waals surface area (Å²) < 4.78 is 41.0. The maximum atomic E-state index is 13.2. The molecule has 0 radical (unpaired) electrons. The quantitative estimate of drug-likeness (QED) is 0.767. The Labute approximate surface area is 129 Å². The van der Waals surface area contributed by atoms with Gasteiger partial charge in [0.1, 0.15) is 5.82 Å². The van der Waals surface area contributed by atoms with Crippen molar-refractivity contribution in [3.05, 3.63) is 57.4 Å². The second-order valence-corrected chi connectivity index (χ2v) is 6.92. The van der Waals surface area contributed by atoms with Crippen molar-refractivity contribution in [2.75, 3.05) is 4.72 Å². The molecular formula is C13H11FINO3S. The Morgan fingerprint density at radius 1 is 1.20 bits per heavy atom. The van der Waals surface area contributed by atoms with E-state index in [1.54, 1.807) is 18.2 Å². The summed E-state index contributed by atoms with van der Waals surface area (Å²) in [5.41, 5.74) is 0.523. The lowest BCUT2D eigenvalue weighted by Crippen LogP contribution is -2.15. The van der Waals surface area contributed by atoms with Gasteiger partial charge in [0.2, 0.25) is 0 Å². The van der Waals surface area contributed by atoms with Crippen molar-refractivity contribution < 1.29 is 17.9 Å². The van der Waals surface area contributed by atoms with Crippen molar-refractivity contribution >= 4 is 38.3 Å². The molecule has 0 aliphatic carbocycles. The van der Waals surface area contributed by atoms with E-state index in [4.69, 9.17) is 5.11 Å². The summed E-state index contributed by atoms with van der Waals surface area (Å²) in [6.07, 6.45) is 0. The molecule has 0 spiro atoms. The molecule has 20 heavy (non-hydrogen) atoms. The molecule has 0 bridgehead atoms. The summed E-state index contributed by atoms with van der Waals surface area (Å²) in [4.78, 5) is -0.265. The number of halogens is 2. The van der Waals surface area contributed by atoms with E-state index in [-0.39, 0.29) is 10.5 Å². The predicted octanol–water partition coefficient (Wildman–Crippen LogP) is 2.72. The van der Waals surface area contributed by atoms with Crippen molar-refractivity contribution in [1.82, 2.24) is 0 Å². The van der Waals surface area contributed by atoms with Gasteiger partial charge < -0.3 is 5.11 Å². The second kappa shape index (κ2) is 6.06. The lowest BCUT2D eigenvalue weighted by molar-refractivity contribution is 0.278. The van der Waals surface area contributed by atoms with Crippen LogP contribution in [0.5, 0.6) is 0 Å². The van der Waals surface area contributed by atoms with Crippen molar-refractivity contribution in [2.45, 2.75) is 11.5 Å². The fourth-order valence-corrected chi connectivity index (χ4v) is 3.51. The average molecular weight is 407 g/mol. The first-order valence-electron chi connectivity index (χ1n) is 5.60. The van der Waals surface area contributed by atoms with Crippen LogP contribution in [0.3, 0.4) is 0 Å². The Kier molecular flexibility index (Phi) is 4.61. The smallest absolute Gasteiger partial charge is 0.262 e. The molecule has 0 saturated carbocycles. The molecule has 0 unspecified atom stereocenters. The number of hydrogen-bond donors (Lipinski definition) is 2. The molecule has 0 amide bonds. The van der Waals surface area contributed by atoms with Gasteiger partial charge in [-0.3, -0.25) is 4.72 Å². The Morgan fingerprint density at radius 2 is 1.95 bits per heavy atom. The maximum Gasteiger partial charge on any atom is 0.262 e. The molecule has 0 saturated heterocycles. The molecule has 0 atom stereocenters. The number of rotatable bonds is 4. The van der Waals surface area contributed by atoms with E-state index >= 15 is 0 Å². The van der Waals surface area contributed by atoms with Gasteiger partial charge in [0, 0.05) is 9.26 Å². The zero-order valence-corrected chi connectivity index (χ0v) is 13.2. The Morgan fingerprint density at radius 3 is 2.60 bits per heavy atom. The van der Waals surface area contributed by atoms with Gasteiger partial charge in [-0.15, -0.1) is 0 Å². The standard InChI is InChI=1S/C13H11FINO3S/c14-10-5-4-9(8-17)13(6-10)20(18,19)16-12-3-1-2-11(15)7-12/h1-7,16-17H,8H2. The van der Waals surface area contributed by atoms with E-state index in [0.717, 1.165) is 15.7 Å². The van der Waals surface area contributed by atoms with E-state index in [1.165, 1.54) is 6.07 Å². The van der Waals surface area contributed by atoms with Gasteiger partial charge in [-0.2, -0.15) is 0 Å². The second-order valence-electron chi connectivity index (χ2n) is 4.03. The molecule has 0 aliphatic heterocycles. The summed E-state index contributed by atoms with van der Waals surface area (Å²) in [5, 5.41) is 9.17. The molecule has 2 N–H and O–H groups in total. The number of nitrogens with one attached hydrogen (secondary N) is 1. The number of sulfonamides is 1. The summed E-state index contributed by atoms with van der Waals surface area (Å²) >= 11 is 2.06. The average Bonchev–Trinajstić information content (AvgIpc) is 2.38. The van der Waals surface area contributed by atoms with Crippen molar-refractivity contribution in [3.63, 3.8) is 0 Å². The van der Waals surface area contributed by atoms with Gasteiger partial charge in [0.25, 0.3) is 10.0 Å². The highest BCUT2D eigenvalue weighted by molar-refractivity contribution is 14.1. The highest BCUT2D eigenvalue weighted by Gasteiger charge is 2.19. The molecule has 0 heterocycles. The SMILES string of the molecule is O=S(=O)(Nc1cccc(I)c1)c1cc(F)ccc1CO. The van der Waals surface area contributed by atoms with Gasteiger partial charge in [0.15, 0.2) is 0 Å². The van der Waals surface area contributed by atoms with Crippen molar-refractivity contribution in [3.8, 4) is 0 Å². The van der Waals surface area contributed by atoms with E-state index in [9.17, 15) is 12.8 Å². The molecule has 0 fully saturated rings. The first-order chi connectivity index (χ1) is 9.42. The summed E-state index contributed by atoms with van der Waals surface area (Å²) in [6, 6.07) is 10.0. The van der Waals surface area contributed by atoms with Crippen LogP contribution in [0.15, 0.2) is 47.4 Å². The van der Waals surface area contributed by atoms with Gasteiger partial charge in [0.05, 0.1) is 11.5 Å². The molecule has 2 aromatic rings. The first kappa shape index (κ1) is 15.2. The summed E-state index contributed by atoms with van der Waals surface area (Å²) in [6.45, 7) is -0.483. The van der Waals surface area contributed by atoms with Crippen LogP contribution in [-0.2, 0) is 16.6 Å². The topological polar surface area (TPSA) is 66.4 Å². The number of aliphatic hydroxyl groups excluding tert-OH is 1. The van der Waals surface area contributed by atoms with Crippen LogP contribution in [0.1, 0.15) is 5.56 Å². The number of hydrogen-bond acceptors (Lipinski definition) is 3. The van der Waals surface area contributed by atoms with Crippen LogP contribution in [-0.4, -0.2) is 13.5 Å². The molecule has 4 nitrogen and oxygen atoms in total. The lowest BCUT2D eigenvalue weighted by Gasteiger charge is -2.11. The molecule has 0 aliphatic rings. The van der Waals surface area contributed by atoms with E-state index in [1.807, 2.05) is 6.07 Å². The van der Waals surface area contributed by atoms with Crippen LogP contribution in [0, 0.1) is 9.39 Å². The summed E-state index contributed by atoms with van der Waals surface area (Å²) in [5.74, 6) is -0.676. The van der Waals surface area contributed by atoms with Gasteiger partial charge in [-0.1, -0.05) is 12.1 Å². The lowest BCUT2D eigenvalue weighted by atomic mass is 10.2. The van der Waals surface area contributed by atoms with Crippen molar-refractivity contribution in [1.29, 1.82) is 0 Å². The molecular weight excluding hydrogens is 396 g/mol. The zero-order chi connectivity index (χ0) is 14.8. The molecule has 0 aromatic heterocycles. The van der Waals surface area contributed by atoms with Gasteiger partial charge in [-0.25, -0.2) is 12.8 Å². The van der Waals surface area contributed by atoms with E-state index in [0.29, 0.717) is 5.69 Å². The zero-order valence-electron chi connectivity index (χ0n) is 10.2. The normalized spacial score (nSPS) is 11.3. The van der Waals surface area contributed by atoms with Crippen LogP contribution in [0.25, 0.3) is 0 Å². The number of aliphatic hydroxyl groups is 1. The molecule has 2 rings (SSSR count). The molecule has 106 valence electrons. The Hall–Kier alpha value is -1.19. The van der Waals surface area contributed by atoms with E-state index in [2.05, 4.69) is 27.3 Å². The fourth-order valence-electron chi connectivity index (χ4n) is 1.67. The number of benzene rings is 2. The Bertz CT molecular complexity index is 734. The largest absolute Gasteiger partial charge is 0.392 e. The van der Waals surface area contributed by atoms with Crippen LogP contribution in [0.4, 0.5) is 10.1 Å². The first-order valence-corrected chi connectivity index (χ1v) is 8.16. The van der Waals surface area contributed by atoms with E-state index < -0.39 is 22.4 Å². The third-order valence-electron chi connectivity index (χ3n) is 2.57. The van der Waals surface area contributed by atoms with Crippen LogP contribution in [0.2, 0.25) is 0 Å². The van der Waals surface area contributed by atoms with Crippen LogP contribution < -0.4 is 4.72 Å². The molecule has 2 aromatic carbocycles. The minimum Gasteiger partial charge on any atom is -0.392 e. The number of anilines is 1. The van der Waals surface area contributed by atoms with Crippen LogP contribution >= 0.6 is 22.6 Å². The minimum atomic E-state index is -3.95. The highest BCUT2D eigenvalue weighted by atomic mass is 127. The fraction of sp³-hybridized carbons (Fsp3) is 0.0769. The maximum absolute atomic E-state index is 13.2. The monoisotopic (exact) mass is 407 g/mol. The molecule has 7 heteroatoms. The van der Waals surface area contributed by atoms with Gasteiger partial charge in [-0.05, 0) is 58.5 Å². The third-order valence-corrected chi connectivity index (χ3v) is 4.70. The van der Waals surface area contributed by atoms with Crippen molar-refractivity contribution in [2.24, 2.45) is 0 Å². The Balaban J connectivity index is 2.43.